The Hall–Kier alpha value is -2.39. The van der Waals surface area contributed by atoms with Gasteiger partial charge in [-0.25, -0.2) is 4.98 Å². The molecule has 0 saturated carbocycles. The van der Waals surface area contributed by atoms with Gasteiger partial charge in [0, 0.05) is 31.2 Å². The van der Waals surface area contributed by atoms with E-state index in [0.717, 1.165) is 57.1 Å². The molecular weight excluding hydrogens is 359 g/mol. The first-order valence-electron chi connectivity index (χ1n) is 8.80. The van der Waals surface area contributed by atoms with Crippen LogP contribution in [0, 0.1) is 0 Å². The maximum atomic E-state index is 12.6. The summed E-state index contributed by atoms with van der Waals surface area (Å²) in [6.07, 6.45) is 0.0838. The quantitative estimate of drug-likeness (QED) is 0.836. The van der Waals surface area contributed by atoms with Gasteiger partial charge >= 0.3 is 6.18 Å². The Bertz CT molecular complexity index is 730. The summed E-state index contributed by atoms with van der Waals surface area (Å²) in [6.45, 7) is 4.27. The van der Waals surface area contributed by atoms with Crippen LogP contribution < -0.4 is 5.32 Å². The van der Waals surface area contributed by atoms with Crippen LogP contribution in [0.5, 0.6) is 0 Å². The Morgan fingerprint density at radius 3 is 2.48 bits per heavy atom. The number of alkyl halides is 3. The number of hydrogen-bond acceptors (Lipinski definition) is 4. The number of imidazole rings is 1. The topological polar surface area (TPSA) is 64.3 Å². The molecule has 1 fully saturated rings. The summed E-state index contributed by atoms with van der Waals surface area (Å²) in [4.78, 5) is 23.9. The number of carbonyl (C=O) groups is 1. The summed E-state index contributed by atoms with van der Waals surface area (Å²) in [5.74, 6) is 0.692. The maximum Gasteiger partial charge on any atom is 0.416 e. The van der Waals surface area contributed by atoms with Crippen LogP contribution >= 0.6 is 0 Å². The summed E-state index contributed by atoms with van der Waals surface area (Å²) in [7, 11) is 0. The van der Waals surface area contributed by atoms with Gasteiger partial charge in [0.15, 0.2) is 0 Å². The SMILES string of the molecule is O=C(CN1CCCN(Cc2ncc[nH]2)CC1)Nc1ccc(C(F)(F)F)cc1. The first-order chi connectivity index (χ1) is 12.9. The van der Waals surface area contributed by atoms with Crippen molar-refractivity contribution in [2.75, 3.05) is 38.0 Å². The second-order valence-corrected chi connectivity index (χ2v) is 6.57. The molecule has 1 amide bonds. The van der Waals surface area contributed by atoms with Gasteiger partial charge in [-0.05, 0) is 43.8 Å². The Kier molecular flexibility index (Phi) is 6.12. The molecule has 0 atom stereocenters. The van der Waals surface area contributed by atoms with Gasteiger partial charge in [0.1, 0.15) is 5.82 Å². The van der Waals surface area contributed by atoms with E-state index in [-0.39, 0.29) is 12.5 Å². The predicted molar refractivity (Wildman–Crippen MR) is 95.0 cm³/mol. The lowest BCUT2D eigenvalue weighted by Crippen LogP contribution is -2.36. The van der Waals surface area contributed by atoms with Crippen molar-refractivity contribution in [3.05, 3.63) is 48.0 Å². The van der Waals surface area contributed by atoms with E-state index in [9.17, 15) is 18.0 Å². The summed E-state index contributed by atoms with van der Waals surface area (Å²) >= 11 is 0. The van der Waals surface area contributed by atoms with Crippen LogP contribution in [0.1, 0.15) is 17.8 Å². The Balaban J connectivity index is 1.46. The fourth-order valence-corrected chi connectivity index (χ4v) is 3.08. The van der Waals surface area contributed by atoms with Gasteiger partial charge in [0.25, 0.3) is 0 Å². The highest BCUT2D eigenvalue weighted by molar-refractivity contribution is 5.92. The molecule has 0 radical (unpaired) electrons. The number of halogens is 3. The fraction of sp³-hybridized carbons (Fsp3) is 0.444. The number of anilines is 1. The third-order valence-electron chi connectivity index (χ3n) is 4.47. The van der Waals surface area contributed by atoms with Crippen molar-refractivity contribution in [2.45, 2.75) is 19.1 Å². The molecule has 1 aliphatic rings. The molecule has 0 unspecified atom stereocenters. The molecular formula is C18H22F3N5O. The maximum absolute atomic E-state index is 12.6. The largest absolute Gasteiger partial charge is 0.416 e. The van der Waals surface area contributed by atoms with E-state index in [0.29, 0.717) is 5.69 Å². The van der Waals surface area contributed by atoms with Crippen molar-refractivity contribution in [1.82, 2.24) is 19.8 Å². The second-order valence-electron chi connectivity index (χ2n) is 6.57. The molecule has 2 N–H and O–H groups in total. The van der Waals surface area contributed by atoms with Gasteiger partial charge in [-0.3, -0.25) is 14.6 Å². The lowest BCUT2D eigenvalue weighted by Gasteiger charge is -2.20. The number of amides is 1. The first-order valence-corrected chi connectivity index (χ1v) is 8.80. The van der Waals surface area contributed by atoms with E-state index >= 15 is 0 Å². The average molecular weight is 381 g/mol. The summed E-state index contributed by atoms with van der Waals surface area (Å²) in [6, 6.07) is 4.48. The molecule has 146 valence electrons. The molecule has 2 heterocycles. The van der Waals surface area contributed by atoms with Crippen LogP contribution in [-0.2, 0) is 17.5 Å². The monoisotopic (exact) mass is 381 g/mol. The Morgan fingerprint density at radius 1 is 1.11 bits per heavy atom. The molecule has 1 aromatic carbocycles. The molecule has 0 aliphatic carbocycles. The molecule has 6 nitrogen and oxygen atoms in total. The highest BCUT2D eigenvalue weighted by Gasteiger charge is 2.30. The zero-order valence-electron chi connectivity index (χ0n) is 14.8. The summed E-state index contributed by atoms with van der Waals surface area (Å²) < 4.78 is 37.7. The van der Waals surface area contributed by atoms with Crippen molar-refractivity contribution >= 4 is 11.6 Å². The number of aromatic nitrogens is 2. The third kappa shape index (κ3) is 5.80. The minimum absolute atomic E-state index is 0.218. The van der Waals surface area contributed by atoms with E-state index in [1.54, 1.807) is 12.4 Å². The molecule has 0 spiro atoms. The Morgan fingerprint density at radius 2 is 1.81 bits per heavy atom. The zero-order chi connectivity index (χ0) is 19.3. The normalized spacial score (nSPS) is 16.9. The van der Waals surface area contributed by atoms with Gasteiger partial charge in [-0.1, -0.05) is 0 Å². The van der Waals surface area contributed by atoms with Crippen LogP contribution in [0.4, 0.5) is 18.9 Å². The number of rotatable bonds is 5. The fourth-order valence-electron chi connectivity index (χ4n) is 3.08. The van der Waals surface area contributed by atoms with Crippen LogP contribution in [0.15, 0.2) is 36.7 Å². The molecule has 3 rings (SSSR count). The number of aromatic amines is 1. The first kappa shape index (κ1) is 19.4. The summed E-state index contributed by atoms with van der Waals surface area (Å²) in [5, 5.41) is 2.66. The number of nitrogens with zero attached hydrogens (tertiary/aromatic N) is 3. The number of H-pyrrole nitrogens is 1. The van der Waals surface area contributed by atoms with E-state index in [2.05, 4.69) is 25.1 Å². The van der Waals surface area contributed by atoms with E-state index in [1.165, 1.54) is 12.1 Å². The predicted octanol–water partition coefficient (Wildman–Crippen LogP) is 2.57. The number of nitrogens with one attached hydrogen (secondary N) is 2. The van der Waals surface area contributed by atoms with Crippen LogP contribution in [0.2, 0.25) is 0 Å². The molecule has 1 aromatic heterocycles. The minimum Gasteiger partial charge on any atom is -0.348 e. The van der Waals surface area contributed by atoms with E-state index < -0.39 is 11.7 Å². The second kappa shape index (κ2) is 8.53. The van der Waals surface area contributed by atoms with E-state index in [1.807, 2.05) is 0 Å². The van der Waals surface area contributed by atoms with Gasteiger partial charge in [-0.2, -0.15) is 13.2 Å². The number of carbonyl (C=O) groups excluding carboxylic acids is 1. The van der Waals surface area contributed by atoms with Gasteiger partial charge in [0.2, 0.25) is 5.91 Å². The number of hydrogen-bond donors (Lipinski definition) is 2. The third-order valence-corrected chi connectivity index (χ3v) is 4.47. The standard InChI is InChI=1S/C18H22F3N5O/c19-18(20,21)14-2-4-15(5-3-14)24-17(27)13-26-9-1-8-25(10-11-26)12-16-22-6-7-23-16/h2-7H,1,8-13H2,(H,22,23)(H,24,27). The summed E-state index contributed by atoms with van der Waals surface area (Å²) in [5.41, 5.74) is -0.369. The highest BCUT2D eigenvalue weighted by Crippen LogP contribution is 2.29. The highest BCUT2D eigenvalue weighted by atomic mass is 19.4. The minimum atomic E-state index is -4.38. The van der Waals surface area contributed by atoms with E-state index in [4.69, 9.17) is 0 Å². The molecule has 0 bridgehead atoms. The lowest BCUT2D eigenvalue weighted by molar-refractivity contribution is -0.137. The van der Waals surface area contributed by atoms with Crippen molar-refractivity contribution < 1.29 is 18.0 Å². The van der Waals surface area contributed by atoms with Crippen molar-refractivity contribution in [2.24, 2.45) is 0 Å². The van der Waals surface area contributed by atoms with Gasteiger partial charge in [-0.15, -0.1) is 0 Å². The van der Waals surface area contributed by atoms with Crippen LogP contribution in [-0.4, -0.2) is 58.4 Å². The molecule has 9 heteroatoms. The number of benzene rings is 1. The molecule has 27 heavy (non-hydrogen) atoms. The van der Waals surface area contributed by atoms with Gasteiger partial charge in [0.05, 0.1) is 18.7 Å². The van der Waals surface area contributed by atoms with Crippen LogP contribution in [0.25, 0.3) is 0 Å². The van der Waals surface area contributed by atoms with Crippen molar-refractivity contribution in [3.63, 3.8) is 0 Å². The van der Waals surface area contributed by atoms with Crippen molar-refractivity contribution in [1.29, 1.82) is 0 Å². The lowest BCUT2D eigenvalue weighted by atomic mass is 10.2. The smallest absolute Gasteiger partial charge is 0.348 e. The average Bonchev–Trinajstić information content (AvgIpc) is 3.02. The van der Waals surface area contributed by atoms with Crippen LogP contribution in [0.3, 0.4) is 0 Å². The zero-order valence-corrected chi connectivity index (χ0v) is 14.8. The van der Waals surface area contributed by atoms with Crippen molar-refractivity contribution in [3.8, 4) is 0 Å². The molecule has 2 aromatic rings. The van der Waals surface area contributed by atoms with Gasteiger partial charge < -0.3 is 10.3 Å². The molecule has 1 saturated heterocycles. The Labute approximate surface area is 155 Å². The molecule has 1 aliphatic heterocycles.